The number of nitrogens with two attached hydrogens (primary N) is 1. The second kappa shape index (κ2) is 5.09. The highest BCUT2D eigenvalue weighted by atomic mass is 32.1. The SMILES string of the molecule is CCc1ccsc1-c1onc(N)c1-c1cccc(F)c1. The summed E-state index contributed by atoms with van der Waals surface area (Å²) < 4.78 is 18.8. The van der Waals surface area contributed by atoms with Crippen molar-refractivity contribution in [1.29, 1.82) is 0 Å². The third-order valence-corrected chi connectivity index (χ3v) is 4.12. The molecule has 2 heterocycles. The zero-order chi connectivity index (χ0) is 14.1. The molecule has 0 aliphatic carbocycles. The summed E-state index contributed by atoms with van der Waals surface area (Å²) in [5.74, 6) is 0.581. The van der Waals surface area contributed by atoms with E-state index in [1.165, 1.54) is 17.7 Å². The van der Waals surface area contributed by atoms with E-state index >= 15 is 0 Å². The van der Waals surface area contributed by atoms with Gasteiger partial charge in [0, 0.05) is 0 Å². The lowest BCUT2D eigenvalue weighted by Crippen LogP contribution is -1.89. The van der Waals surface area contributed by atoms with E-state index in [0.717, 1.165) is 11.3 Å². The second-order valence-electron chi connectivity index (χ2n) is 4.41. The van der Waals surface area contributed by atoms with Crippen LogP contribution in [0.2, 0.25) is 0 Å². The number of rotatable bonds is 3. The molecule has 0 spiro atoms. The van der Waals surface area contributed by atoms with Gasteiger partial charge in [-0.25, -0.2) is 4.39 Å². The second-order valence-corrected chi connectivity index (χ2v) is 5.33. The zero-order valence-corrected chi connectivity index (χ0v) is 11.7. The fourth-order valence-corrected chi connectivity index (χ4v) is 3.17. The van der Waals surface area contributed by atoms with Crippen molar-refractivity contribution in [3.63, 3.8) is 0 Å². The lowest BCUT2D eigenvalue weighted by molar-refractivity contribution is 0.436. The van der Waals surface area contributed by atoms with E-state index < -0.39 is 0 Å². The molecule has 3 nitrogen and oxygen atoms in total. The Morgan fingerprint density at radius 1 is 1.35 bits per heavy atom. The van der Waals surface area contributed by atoms with E-state index in [2.05, 4.69) is 12.1 Å². The van der Waals surface area contributed by atoms with E-state index in [1.54, 1.807) is 23.5 Å². The molecule has 0 unspecified atom stereocenters. The first-order chi connectivity index (χ1) is 9.70. The maximum Gasteiger partial charge on any atom is 0.187 e. The van der Waals surface area contributed by atoms with Crippen LogP contribution in [-0.4, -0.2) is 5.16 Å². The van der Waals surface area contributed by atoms with Gasteiger partial charge in [0.2, 0.25) is 0 Å². The number of anilines is 1. The molecule has 0 radical (unpaired) electrons. The summed E-state index contributed by atoms with van der Waals surface area (Å²) >= 11 is 1.57. The molecule has 0 atom stereocenters. The predicted octanol–water partition coefficient (Wildman–Crippen LogP) is 4.35. The molecule has 2 aromatic heterocycles. The van der Waals surface area contributed by atoms with Crippen molar-refractivity contribution < 1.29 is 8.91 Å². The first kappa shape index (κ1) is 12.9. The van der Waals surface area contributed by atoms with Gasteiger partial charge in [-0.15, -0.1) is 11.3 Å². The molecular formula is C15H13FN2OS. The number of hydrogen-bond acceptors (Lipinski definition) is 4. The van der Waals surface area contributed by atoms with Gasteiger partial charge >= 0.3 is 0 Å². The van der Waals surface area contributed by atoms with Crippen LogP contribution < -0.4 is 5.73 Å². The number of halogens is 1. The van der Waals surface area contributed by atoms with Crippen molar-refractivity contribution in [3.8, 4) is 21.8 Å². The summed E-state index contributed by atoms with van der Waals surface area (Å²) in [6.07, 6.45) is 0.891. The van der Waals surface area contributed by atoms with Gasteiger partial charge in [-0.3, -0.25) is 0 Å². The Kier molecular flexibility index (Phi) is 3.28. The normalized spacial score (nSPS) is 10.9. The van der Waals surface area contributed by atoms with Crippen LogP contribution in [0, 0.1) is 5.82 Å². The first-order valence-electron chi connectivity index (χ1n) is 6.28. The number of thiophene rings is 1. The van der Waals surface area contributed by atoms with Crippen molar-refractivity contribution in [2.24, 2.45) is 0 Å². The van der Waals surface area contributed by atoms with Gasteiger partial charge in [-0.1, -0.05) is 24.2 Å². The van der Waals surface area contributed by atoms with Crippen LogP contribution in [0.4, 0.5) is 10.2 Å². The minimum Gasteiger partial charge on any atom is -0.380 e. The molecule has 0 fully saturated rings. The van der Waals surface area contributed by atoms with Gasteiger partial charge in [0.25, 0.3) is 0 Å². The molecule has 102 valence electrons. The van der Waals surface area contributed by atoms with Gasteiger partial charge in [0.05, 0.1) is 10.4 Å². The molecular weight excluding hydrogens is 275 g/mol. The number of aryl methyl sites for hydroxylation is 1. The maximum absolute atomic E-state index is 13.4. The van der Waals surface area contributed by atoms with Gasteiger partial charge in [-0.2, -0.15) is 0 Å². The minimum atomic E-state index is -0.309. The minimum absolute atomic E-state index is 0.279. The highest BCUT2D eigenvalue weighted by Crippen LogP contribution is 2.40. The van der Waals surface area contributed by atoms with Crippen molar-refractivity contribution >= 4 is 17.2 Å². The largest absolute Gasteiger partial charge is 0.380 e. The van der Waals surface area contributed by atoms with Gasteiger partial charge in [-0.05, 0) is 41.1 Å². The van der Waals surface area contributed by atoms with Crippen molar-refractivity contribution in [2.45, 2.75) is 13.3 Å². The van der Waals surface area contributed by atoms with Crippen LogP contribution in [0.5, 0.6) is 0 Å². The summed E-state index contributed by atoms with van der Waals surface area (Å²) in [5, 5.41) is 5.84. The van der Waals surface area contributed by atoms with E-state index in [-0.39, 0.29) is 11.6 Å². The number of hydrogen-bond donors (Lipinski definition) is 1. The molecule has 3 aromatic rings. The molecule has 0 saturated carbocycles. The fourth-order valence-electron chi connectivity index (χ4n) is 2.19. The van der Waals surface area contributed by atoms with Crippen LogP contribution in [0.25, 0.3) is 21.8 Å². The zero-order valence-electron chi connectivity index (χ0n) is 10.9. The standard InChI is InChI=1S/C15H13FN2OS/c1-2-9-6-7-20-14(9)13-12(15(17)18-19-13)10-4-3-5-11(16)8-10/h3-8H,2H2,1H3,(H2,17,18). The molecule has 5 heteroatoms. The van der Waals surface area contributed by atoms with E-state index in [4.69, 9.17) is 10.3 Å². The number of aromatic nitrogens is 1. The smallest absolute Gasteiger partial charge is 0.187 e. The van der Waals surface area contributed by atoms with E-state index in [9.17, 15) is 4.39 Å². The molecule has 0 aliphatic rings. The molecule has 20 heavy (non-hydrogen) atoms. The third kappa shape index (κ3) is 2.10. The lowest BCUT2D eigenvalue weighted by Gasteiger charge is -2.03. The van der Waals surface area contributed by atoms with Crippen LogP contribution >= 0.6 is 11.3 Å². The molecule has 1 aromatic carbocycles. The third-order valence-electron chi connectivity index (χ3n) is 3.17. The van der Waals surface area contributed by atoms with Gasteiger partial charge in [0.1, 0.15) is 5.82 Å². The van der Waals surface area contributed by atoms with E-state index in [0.29, 0.717) is 16.9 Å². The Bertz CT molecular complexity index is 748. The van der Waals surface area contributed by atoms with Crippen LogP contribution in [0.1, 0.15) is 12.5 Å². The Labute approximate surface area is 119 Å². The number of benzene rings is 1. The summed E-state index contributed by atoms with van der Waals surface area (Å²) in [6.45, 7) is 2.08. The van der Waals surface area contributed by atoms with Crippen molar-refractivity contribution in [2.75, 3.05) is 5.73 Å². The highest BCUT2D eigenvalue weighted by Gasteiger charge is 2.20. The van der Waals surface area contributed by atoms with Crippen molar-refractivity contribution in [1.82, 2.24) is 5.16 Å². The number of nitrogens with zero attached hydrogens (tertiary/aromatic N) is 1. The summed E-state index contributed by atoms with van der Waals surface area (Å²) in [5.41, 5.74) is 8.40. The molecule has 0 aliphatic heterocycles. The van der Waals surface area contributed by atoms with Gasteiger partial charge in [0.15, 0.2) is 11.6 Å². The van der Waals surface area contributed by atoms with E-state index in [1.807, 2.05) is 11.4 Å². The monoisotopic (exact) mass is 288 g/mol. The lowest BCUT2D eigenvalue weighted by atomic mass is 10.0. The topological polar surface area (TPSA) is 52.0 Å². The summed E-state index contributed by atoms with van der Waals surface area (Å²) in [7, 11) is 0. The predicted molar refractivity (Wildman–Crippen MR) is 79.0 cm³/mol. The Morgan fingerprint density at radius 2 is 2.20 bits per heavy atom. The first-order valence-corrected chi connectivity index (χ1v) is 7.16. The quantitative estimate of drug-likeness (QED) is 0.779. The average Bonchev–Trinajstić information content (AvgIpc) is 3.04. The molecule has 2 N–H and O–H groups in total. The Morgan fingerprint density at radius 3 is 2.95 bits per heavy atom. The maximum atomic E-state index is 13.4. The molecule has 0 amide bonds. The Balaban J connectivity index is 2.20. The number of nitrogen functional groups attached to an aromatic ring is 1. The Hall–Kier alpha value is -2.14. The average molecular weight is 288 g/mol. The fraction of sp³-hybridized carbons (Fsp3) is 0.133. The van der Waals surface area contributed by atoms with Crippen LogP contribution in [-0.2, 0) is 6.42 Å². The molecule has 0 bridgehead atoms. The highest BCUT2D eigenvalue weighted by molar-refractivity contribution is 7.13. The van der Waals surface area contributed by atoms with Crippen LogP contribution in [0.15, 0.2) is 40.2 Å². The molecule has 0 saturated heterocycles. The summed E-state index contributed by atoms with van der Waals surface area (Å²) in [4.78, 5) is 0.996. The molecule has 3 rings (SSSR count). The van der Waals surface area contributed by atoms with Gasteiger partial charge < -0.3 is 10.3 Å². The summed E-state index contributed by atoms with van der Waals surface area (Å²) in [6, 6.07) is 8.33. The van der Waals surface area contributed by atoms with Crippen molar-refractivity contribution in [3.05, 3.63) is 47.1 Å². The van der Waals surface area contributed by atoms with Crippen LogP contribution in [0.3, 0.4) is 0 Å².